The standard InChI is InChI=1S/C22H29N3O3S/c1-15(16-8-4-3-5-9-16)24-14-19(26)25-22-20(21(27)23-12-13-28-2)17-10-6-7-11-18(17)29-22/h3-5,8-9,15,24H,6-7,10-14H2,1-2H3,(H,23,27)(H,25,26)/t15-/m1/s1. The molecule has 3 rings (SSSR count). The number of amides is 2. The van der Waals surface area contributed by atoms with E-state index in [9.17, 15) is 9.59 Å². The molecule has 0 fully saturated rings. The summed E-state index contributed by atoms with van der Waals surface area (Å²) in [5.41, 5.74) is 2.85. The number of aryl methyl sites for hydroxylation is 1. The maximum absolute atomic E-state index is 12.8. The zero-order valence-electron chi connectivity index (χ0n) is 17.0. The first-order chi connectivity index (χ1) is 14.1. The van der Waals surface area contributed by atoms with Gasteiger partial charge in [-0.05, 0) is 43.7 Å². The summed E-state index contributed by atoms with van der Waals surface area (Å²) in [6.07, 6.45) is 4.06. The van der Waals surface area contributed by atoms with Gasteiger partial charge in [0, 0.05) is 24.6 Å². The van der Waals surface area contributed by atoms with E-state index in [0.29, 0.717) is 23.7 Å². The molecule has 1 aromatic carbocycles. The van der Waals surface area contributed by atoms with Crippen LogP contribution in [0.1, 0.15) is 52.2 Å². The van der Waals surface area contributed by atoms with Crippen LogP contribution in [-0.2, 0) is 22.4 Å². The van der Waals surface area contributed by atoms with Crippen molar-refractivity contribution in [3.8, 4) is 0 Å². The molecule has 0 saturated carbocycles. The van der Waals surface area contributed by atoms with Crippen molar-refractivity contribution in [2.75, 3.05) is 32.1 Å². The number of methoxy groups -OCH3 is 1. The summed E-state index contributed by atoms with van der Waals surface area (Å²) >= 11 is 1.54. The Morgan fingerprint density at radius 3 is 2.69 bits per heavy atom. The third-order valence-electron chi connectivity index (χ3n) is 5.11. The molecule has 2 amide bonds. The van der Waals surface area contributed by atoms with E-state index in [1.54, 1.807) is 7.11 Å². The highest BCUT2D eigenvalue weighted by Gasteiger charge is 2.26. The Hall–Kier alpha value is -2.22. The van der Waals surface area contributed by atoms with E-state index in [2.05, 4.69) is 16.0 Å². The Balaban J connectivity index is 1.66. The minimum Gasteiger partial charge on any atom is -0.383 e. The van der Waals surface area contributed by atoms with Gasteiger partial charge in [0.2, 0.25) is 5.91 Å². The summed E-state index contributed by atoms with van der Waals surface area (Å²) in [7, 11) is 1.60. The van der Waals surface area contributed by atoms with Crippen LogP contribution in [0.3, 0.4) is 0 Å². The van der Waals surface area contributed by atoms with E-state index < -0.39 is 0 Å². The van der Waals surface area contributed by atoms with Crippen molar-refractivity contribution in [2.45, 2.75) is 38.6 Å². The van der Waals surface area contributed by atoms with Crippen LogP contribution in [0.5, 0.6) is 0 Å². The molecule has 0 saturated heterocycles. The predicted octanol–water partition coefficient (Wildman–Crippen LogP) is 3.29. The van der Waals surface area contributed by atoms with E-state index in [-0.39, 0.29) is 24.4 Å². The van der Waals surface area contributed by atoms with Crippen LogP contribution >= 0.6 is 11.3 Å². The van der Waals surface area contributed by atoms with Crippen LogP contribution < -0.4 is 16.0 Å². The number of nitrogens with one attached hydrogen (secondary N) is 3. The third-order valence-corrected chi connectivity index (χ3v) is 6.32. The molecule has 29 heavy (non-hydrogen) atoms. The average Bonchev–Trinajstić information content (AvgIpc) is 3.10. The normalized spacial score (nSPS) is 14.1. The molecule has 7 heteroatoms. The maximum atomic E-state index is 12.8. The van der Waals surface area contributed by atoms with Crippen LogP contribution in [0.25, 0.3) is 0 Å². The molecule has 1 atom stereocenters. The van der Waals surface area contributed by atoms with E-state index in [1.165, 1.54) is 16.2 Å². The molecule has 1 aliphatic rings. The van der Waals surface area contributed by atoms with Crippen LogP contribution in [-0.4, -0.2) is 38.6 Å². The van der Waals surface area contributed by atoms with Crippen LogP contribution in [0.2, 0.25) is 0 Å². The average molecular weight is 416 g/mol. The topological polar surface area (TPSA) is 79.5 Å². The largest absolute Gasteiger partial charge is 0.383 e. The minimum absolute atomic E-state index is 0.0651. The lowest BCUT2D eigenvalue weighted by Gasteiger charge is -2.15. The second kappa shape index (κ2) is 10.5. The highest BCUT2D eigenvalue weighted by Crippen LogP contribution is 2.38. The van der Waals surface area contributed by atoms with Gasteiger partial charge in [0.15, 0.2) is 0 Å². The van der Waals surface area contributed by atoms with Gasteiger partial charge in [-0.2, -0.15) is 0 Å². The number of anilines is 1. The summed E-state index contributed by atoms with van der Waals surface area (Å²) in [4.78, 5) is 26.6. The van der Waals surface area contributed by atoms with Gasteiger partial charge in [-0.15, -0.1) is 11.3 Å². The fourth-order valence-electron chi connectivity index (χ4n) is 3.53. The van der Waals surface area contributed by atoms with E-state index in [1.807, 2.05) is 37.3 Å². The Labute approximate surface area is 176 Å². The van der Waals surface area contributed by atoms with Crippen molar-refractivity contribution in [1.82, 2.24) is 10.6 Å². The Morgan fingerprint density at radius 2 is 1.93 bits per heavy atom. The summed E-state index contributed by atoms with van der Waals surface area (Å²) in [6, 6.07) is 10.1. The van der Waals surface area contributed by atoms with Gasteiger partial charge in [0.25, 0.3) is 5.91 Å². The fraction of sp³-hybridized carbons (Fsp3) is 0.455. The molecule has 0 aliphatic heterocycles. The van der Waals surface area contributed by atoms with Crippen LogP contribution in [0.15, 0.2) is 30.3 Å². The molecule has 0 unspecified atom stereocenters. The van der Waals surface area contributed by atoms with Gasteiger partial charge in [0.1, 0.15) is 5.00 Å². The van der Waals surface area contributed by atoms with Crippen LogP contribution in [0.4, 0.5) is 5.00 Å². The van der Waals surface area contributed by atoms with E-state index >= 15 is 0 Å². The maximum Gasteiger partial charge on any atom is 0.254 e. The number of hydrogen-bond donors (Lipinski definition) is 3. The fourth-order valence-corrected chi connectivity index (χ4v) is 4.83. The van der Waals surface area contributed by atoms with Gasteiger partial charge in [0.05, 0.1) is 18.7 Å². The van der Waals surface area contributed by atoms with Crippen LogP contribution in [0, 0.1) is 0 Å². The molecular formula is C22H29N3O3S. The van der Waals surface area contributed by atoms with Crippen molar-refractivity contribution >= 4 is 28.2 Å². The summed E-state index contributed by atoms with van der Waals surface area (Å²) in [6.45, 7) is 3.12. The predicted molar refractivity (Wildman–Crippen MR) is 117 cm³/mol. The van der Waals surface area contributed by atoms with Gasteiger partial charge >= 0.3 is 0 Å². The number of ether oxygens (including phenoxy) is 1. The molecule has 0 bridgehead atoms. The van der Waals surface area contributed by atoms with Crippen molar-refractivity contribution in [3.63, 3.8) is 0 Å². The van der Waals surface area contributed by atoms with E-state index in [4.69, 9.17) is 4.74 Å². The Morgan fingerprint density at radius 1 is 1.17 bits per heavy atom. The molecule has 2 aromatic rings. The highest BCUT2D eigenvalue weighted by molar-refractivity contribution is 7.17. The first-order valence-electron chi connectivity index (χ1n) is 10.1. The van der Waals surface area contributed by atoms with Crippen molar-refractivity contribution in [2.24, 2.45) is 0 Å². The summed E-state index contributed by atoms with van der Waals surface area (Å²) in [5, 5.41) is 9.77. The second-order valence-electron chi connectivity index (χ2n) is 7.23. The summed E-state index contributed by atoms with van der Waals surface area (Å²) < 4.78 is 5.02. The van der Waals surface area contributed by atoms with Gasteiger partial charge < -0.3 is 20.7 Å². The van der Waals surface area contributed by atoms with Gasteiger partial charge in [-0.25, -0.2) is 0 Å². The van der Waals surface area contributed by atoms with Crippen molar-refractivity contribution in [1.29, 1.82) is 0 Å². The van der Waals surface area contributed by atoms with Gasteiger partial charge in [-0.1, -0.05) is 30.3 Å². The SMILES string of the molecule is COCCNC(=O)c1c(NC(=O)CN[C@H](C)c2ccccc2)sc2c1CCCC2. The number of carbonyl (C=O) groups is 2. The lowest BCUT2D eigenvalue weighted by Crippen LogP contribution is -2.31. The number of rotatable bonds is 9. The van der Waals surface area contributed by atoms with Crippen molar-refractivity contribution in [3.05, 3.63) is 51.9 Å². The number of benzene rings is 1. The number of hydrogen-bond acceptors (Lipinski definition) is 5. The molecule has 1 heterocycles. The lowest BCUT2D eigenvalue weighted by atomic mass is 9.95. The van der Waals surface area contributed by atoms with Crippen molar-refractivity contribution < 1.29 is 14.3 Å². The Bertz CT molecular complexity index is 835. The monoisotopic (exact) mass is 415 g/mol. The highest BCUT2D eigenvalue weighted by atomic mass is 32.1. The molecular weight excluding hydrogens is 386 g/mol. The molecule has 0 spiro atoms. The lowest BCUT2D eigenvalue weighted by molar-refractivity contribution is -0.115. The molecule has 1 aliphatic carbocycles. The van der Waals surface area contributed by atoms with E-state index in [0.717, 1.165) is 36.8 Å². The second-order valence-corrected chi connectivity index (χ2v) is 8.33. The molecule has 6 nitrogen and oxygen atoms in total. The number of carbonyl (C=O) groups excluding carboxylic acids is 2. The zero-order chi connectivity index (χ0) is 20.6. The Kier molecular flexibility index (Phi) is 7.80. The minimum atomic E-state index is -0.141. The summed E-state index contributed by atoms with van der Waals surface area (Å²) in [5.74, 6) is -0.278. The first-order valence-corrected chi connectivity index (χ1v) is 10.9. The molecule has 1 aromatic heterocycles. The molecule has 3 N–H and O–H groups in total. The molecule has 156 valence electrons. The smallest absolute Gasteiger partial charge is 0.254 e. The number of thiophene rings is 1. The third kappa shape index (κ3) is 5.65. The number of fused-ring (bicyclic) bond motifs is 1. The molecule has 0 radical (unpaired) electrons. The van der Waals surface area contributed by atoms with Gasteiger partial charge in [-0.3, -0.25) is 9.59 Å². The quantitative estimate of drug-likeness (QED) is 0.549. The zero-order valence-corrected chi connectivity index (χ0v) is 17.9. The first kappa shape index (κ1) is 21.5.